The lowest BCUT2D eigenvalue weighted by molar-refractivity contribution is -0.141. The quantitative estimate of drug-likeness (QED) is 0.801. The van der Waals surface area contributed by atoms with E-state index in [9.17, 15) is 18.0 Å². The lowest BCUT2D eigenvalue weighted by Crippen LogP contribution is -2.40. The van der Waals surface area contributed by atoms with Crippen molar-refractivity contribution in [2.24, 2.45) is 0 Å². The summed E-state index contributed by atoms with van der Waals surface area (Å²) in [6.07, 6.45) is -4.56. The molecule has 3 N–H and O–H groups in total. The van der Waals surface area contributed by atoms with Crippen LogP contribution in [0.3, 0.4) is 0 Å². The number of hydrogen-bond donors (Lipinski definition) is 2. The minimum absolute atomic E-state index is 0.0369. The molecule has 1 aromatic carbocycles. The molecule has 1 rings (SSSR count). The van der Waals surface area contributed by atoms with Crippen molar-refractivity contribution in [2.45, 2.75) is 6.18 Å². The Morgan fingerprint density at radius 3 is 2.60 bits per heavy atom. The van der Waals surface area contributed by atoms with Gasteiger partial charge in [-0.05, 0) is 12.1 Å². The van der Waals surface area contributed by atoms with Crippen LogP contribution in [0.4, 0.5) is 18.9 Å². The van der Waals surface area contributed by atoms with Crippen molar-refractivity contribution in [3.8, 4) is 5.75 Å². The number of hydrogen-bond acceptors (Lipinski definition) is 4. The summed E-state index contributed by atoms with van der Waals surface area (Å²) >= 11 is 0. The van der Waals surface area contributed by atoms with E-state index < -0.39 is 31.8 Å². The Morgan fingerprint density at radius 1 is 1.45 bits per heavy atom. The summed E-state index contributed by atoms with van der Waals surface area (Å²) in [5.74, 6) is -0.709. The van der Waals surface area contributed by atoms with E-state index in [1.807, 2.05) is 0 Å². The highest BCUT2D eigenvalue weighted by molar-refractivity contribution is 6.00. The lowest BCUT2D eigenvalue weighted by atomic mass is 10.1. The molecule has 1 amide bonds. The molecule has 0 saturated heterocycles. The van der Waals surface area contributed by atoms with Gasteiger partial charge in [-0.1, -0.05) is 6.07 Å². The molecule has 0 aliphatic carbocycles. The van der Waals surface area contributed by atoms with Crippen molar-refractivity contribution < 1.29 is 27.8 Å². The Labute approximate surface area is 113 Å². The lowest BCUT2D eigenvalue weighted by Gasteiger charge is -2.24. The summed E-state index contributed by atoms with van der Waals surface area (Å²) in [5, 5.41) is 8.78. The molecule has 0 aromatic heterocycles. The van der Waals surface area contributed by atoms with E-state index in [0.717, 1.165) is 0 Å². The van der Waals surface area contributed by atoms with E-state index in [1.54, 1.807) is 0 Å². The number of rotatable bonds is 5. The normalized spacial score (nSPS) is 11.2. The smallest absolute Gasteiger partial charge is 0.406 e. The molecule has 0 spiro atoms. The fourth-order valence-corrected chi connectivity index (χ4v) is 1.67. The van der Waals surface area contributed by atoms with Crippen LogP contribution in [0.1, 0.15) is 10.4 Å². The molecule has 112 valence electrons. The third kappa shape index (κ3) is 4.02. The highest BCUT2D eigenvalue weighted by Gasteiger charge is 2.33. The second-order valence-corrected chi connectivity index (χ2v) is 3.99. The Kier molecular flexibility index (Phi) is 5.20. The number of para-hydroxylation sites is 1. The number of amides is 1. The van der Waals surface area contributed by atoms with Gasteiger partial charge in [0, 0.05) is 6.54 Å². The van der Waals surface area contributed by atoms with Gasteiger partial charge in [0.15, 0.2) is 0 Å². The van der Waals surface area contributed by atoms with Gasteiger partial charge in [-0.25, -0.2) is 0 Å². The van der Waals surface area contributed by atoms with Crippen molar-refractivity contribution in [2.75, 3.05) is 32.5 Å². The number of carbonyl (C=O) groups excluding carboxylic acids is 1. The molecule has 0 radical (unpaired) electrons. The molecule has 0 heterocycles. The molecular weight excluding hydrogens is 277 g/mol. The highest BCUT2D eigenvalue weighted by atomic mass is 19.4. The molecule has 5 nitrogen and oxygen atoms in total. The fraction of sp³-hybridized carbons (Fsp3) is 0.417. The van der Waals surface area contributed by atoms with Crippen LogP contribution in [-0.2, 0) is 0 Å². The van der Waals surface area contributed by atoms with Crippen LogP contribution >= 0.6 is 0 Å². The van der Waals surface area contributed by atoms with E-state index >= 15 is 0 Å². The molecular formula is C12H15F3N2O3. The van der Waals surface area contributed by atoms with Crippen LogP contribution in [0.15, 0.2) is 18.2 Å². The molecule has 0 atom stereocenters. The van der Waals surface area contributed by atoms with Gasteiger partial charge in [-0.2, -0.15) is 13.2 Å². The maximum Gasteiger partial charge on any atom is 0.406 e. The zero-order valence-corrected chi connectivity index (χ0v) is 10.8. The average Bonchev–Trinajstić information content (AvgIpc) is 2.36. The van der Waals surface area contributed by atoms with Crippen LogP contribution in [0.25, 0.3) is 0 Å². The molecule has 0 fully saturated rings. The predicted octanol–water partition coefficient (Wildman–Crippen LogP) is 1.27. The summed E-state index contributed by atoms with van der Waals surface area (Å²) < 4.78 is 42.2. The Bertz CT molecular complexity index is 478. The number of halogens is 3. The van der Waals surface area contributed by atoms with Crippen molar-refractivity contribution in [3.05, 3.63) is 23.8 Å². The zero-order chi connectivity index (χ0) is 15.3. The van der Waals surface area contributed by atoms with E-state index in [1.165, 1.54) is 25.3 Å². The third-order valence-electron chi connectivity index (χ3n) is 2.54. The molecule has 0 unspecified atom stereocenters. The van der Waals surface area contributed by atoms with Gasteiger partial charge in [0.1, 0.15) is 12.3 Å². The minimum Gasteiger partial charge on any atom is -0.495 e. The first-order valence-corrected chi connectivity index (χ1v) is 5.69. The second kappa shape index (κ2) is 6.47. The number of aliphatic hydroxyl groups is 1. The molecule has 20 heavy (non-hydrogen) atoms. The monoisotopic (exact) mass is 292 g/mol. The SMILES string of the molecule is COc1cccc(C(=O)N(CCO)CC(F)(F)F)c1N. The summed E-state index contributed by atoms with van der Waals surface area (Å²) in [4.78, 5) is 12.6. The van der Waals surface area contributed by atoms with Crippen LogP contribution in [0, 0.1) is 0 Å². The average molecular weight is 292 g/mol. The Balaban J connectivity index is 3.06. The van der Waals surface area contributed by atoms with Crippen LogP contribution in [0.5, 0.6) is 5.75 Å². The number of carbonyl (C=O) groups is 1. The standard InChI is InChI=1S/C12H15F3N2O3/c1-20-9-4-2-3-8(10(9)16)11(19)17(5-6-18)7-12(13,14)15/h2-4,18H,5-7,16H2,1H3. The van der Waals surface area contributed by atoms with E-state index in [4.69, 9.17) is 15.6 Å². The van der Waals surface area contributed by atoms with E-state index in [2.05, 4.69) is 0 Å². The molecule has 0 aliphatic heterocycles. The maximum atomic E-state index is 12.4. The minimum atomic E-state index is -4.56. The van der Waals surface area contributed by atoms with Gasteiger partial charge in [0.05, 0.1) is 25.0 Å². The Morgan fingerprint density at radius 2 is 2.10 bits per heavy atom. The zero-order valence-electron chi connectivity index (χ0n) is 10.8. The fourth-order valence-electron chi connectivity index (χ4n) is 1.67. The topological polar surface area (TPSA) is 75.8 Å². The number of anilines is 1. The largest absolute Gasteiger partial charge is 0.495 e. The third-order valence-corrected chi connectivity index (χ3v) is 2.54. The predicted molar refractivity (Wildman–Crippen MR) is 66.5 cm³/mol. The van der Waals surface area contributed by atoms with Crippen molar-refractivity contribution >= 4 is 11.6 Å². The van der Waals surface area contributed by atoms with E-state index in [-0.39, 0.29) is 17.0 Å². The maximum absolute atomic E-state index is 12.4. The number of nitrogens with two attached hydrogens (primary N) is 1. The number of ether oxygens (including phenoxy) is 1. The first-order valence-electron chi connectivity index (χ1n) is 5.69. The van der Waals surface area contributed by atoms with Gasteiger partial charge in [-0.3, -0.25) is 4.79 Å². The van der Waals surface area contributed by atoms with Crippen LogP contribution in [-0.4, -0.2) is 48.9 Å². The highest BCUT2D eigenvalue weighted by Crippen LogP contribution is 2.26. The van der Waals surface area contributed by atoms with Crippen LogP contribution < -0.4 is 10.5 Å². The first kappa shape index (κ1) is 16.1. The second-order valence-electron chi connectivity index (χ2n) is 3.99. The molecule has 0 aliphatic rings. The molecule has 0 saturated carbocycles. The van der Waals surface area contributed by atoms with Crippen LogP contribution in [0.2, 0.25) is 0 Å². The number of alkyl halides is 3. The number of benzene rings is 1. The molecule has 8 heteroatoms. The van der Waals surface area contributed by atoms with Gasteiger partial charge in [0.2, 0.25) is 0 Å². The number of nitrogens with zero attached hydrogens (tertiary/aromatic N) is 1. The van der Waals surface area contributed by atoms with Gasteiger partial charge in [-0.15, -0.1) is 0 Å². The van der Waals surface area contributed by atoms with E-state index in [0.29, 0.717) is 4.90 Å². The summed E-state index contributed by atoms with van der Waals surface area (Å²) in [7, 11) is 1.33. The Hall–Kier alpha value is -1.96. The van der Waals surface area contributed by atoms with Crippen molar-refractivity contribution in [1.29, 1.82) is 0 Å². The number of nitrogen functional groups attached to an aromatic ring is 1. The first-order chi connectivity index (χ1) is 9.30. The summed E-state index contributed by atoms with van der Waals surface area (Å²) in [6, 6.07) is 4.25. The van der Waals surface area contributed by atoms with Gasteiger partial charge >= 0.3 is 6.18 Å². The van der Waals surface area contributed by atoms with Crippen molar-refractivity contribution in [1.82, 2.24) is 4.90 Å². The van der Waals surface area contributed by atoms with Gasteiger partial charge < -0.3 is 20.5 Å². The van der Waals surface area contributed by atoms with Gasteiger partial charge in [0.25, 0.3) is 5.91 Å². The summed E-state index contributed by atoms with van der Waals surface area (Å²) in [6.45, 7) is -2.47. The molecule has 0 bridgehead atoms. The summed E-state index contributed by atoms with van der Waals surface area (Å²) in [5.41, 5.74) is 5.54. The van der Waals surface area contributed by atoms with Crippen molar-refractivity contribution in [3.63, 3.8) is 0 Å². The number of aliphatic hydroxyl groups excluding tert-OH is 1. The molecule has 1 aromatic rings. The number of methoxy groups -OCH3 is 1.